The number of benzene rings is 1. The van der Waals surface area contributed by atoms with E-state index in [1.807, 2.05) is 0 Å². The Kier molecular flexibility index (Phi) is 3.61. The summed E-state index contributed by atoms with van der Waals surface area (Å²) in [7, 11) is 0. The van der Waals surface area contributed by atoms with Crippen molar-refractivity contribution in [2.45, 2.75) is 12.8 Å². The molecule has 0 aliphatic rings. The van der Waals surface area contributed by atoms with Crippen LogP contribution in [0.4, 0.5) is 0 Å². The van der Waals surface area contributed by atoms with Gasteiger partial charge >= 0.3 is 5.97 Å². The highest BCUT2D eigenvalue weighted by Gasteiger charge is 2.09. The summed E-state index contributed by atoms with van der Waals surface area (Å²) in [6.45, 7) is 0. The maximum Gasteiger partial charge on any atom is 0.303 e. The number of rotatable bonds is 4. The van der Waals surface area contributed by atoms with Crippen LogP contribution in [0.15, 0.2) is 35.3 Å². The Morgan fingerprint density at radius 3 is 2.68 bits per heavy atom. The number of carbonyl (C=O) groups is 1. The molecule has 0 atom stereocenters. The number of carboxylic acid groups (broad SMARTS) is 1. The lowest BCUT2D eigenvalue weighted by atomic mass is 10.1. The minimum atomic E-state index is -0.968. The van der Waals surface area contributed by atoms with Crippen molar-refractivity contribution >= 4 is 5.97 Å². The van der Waals surface area contributed by atoms with Crippen molar-refractivity contribution in [1.82, 2.24) is 9.97 Å². The monoisotopic (exact) mass is 260 g/mol. The molecule has 0 spiro atoms. The van der Waals surface area contributed by atoms with Gasteiger partial charge in [-0.25, -0.2) is 4.98 Å². The van der Waals surface area contributed by atoms with E-state index in [9.17, 15) is 14.7 Å². The zero-order chi connectivity index (χ0) is 13.8. The van der Waals surface area contributed by atoms with E-state index in [1.54, 1.807) is 18.2 Å². The van der Waals surface area contributed by atoms with Crippen LogP contribution < -0.4 is 5.56 Å². The summed E-state index contributed by atoms with van der Waals surface area (Å²) in [5, 5.41) is 18.2. The minimum absolute atomic E-state index is 0.0175. The molecule has 0 saturated heterocycles. The number of aliphatic carboxylic acids is 1. The van der Waals surface area contributed by atoms with Crippen LogP contribution in [-0.2, 0) is 11.2 Å². The fraction of sp³-hybridized carbons (Fsp3) is 0.154. The molecule has 1 heterocycles. The van der Waals surface area contributed by atoms with Crippen molar-refractivity contribution in [3.8, 4) is 17.1 Å². The van der Waals surface area contributed by atoms with Crippen molar-refractivity contribution < 1.29 is 15.0 Å². The van der Waals surface area contributed by atoms with Gasteiger partial charge in [-0.15, -0.1) is 0 Å². The highest BCUT2D eigenvalue weighted by molar-refractivity contribution is 5.67. The Bertz CT molecular complexity index is 664. The molecule has 2 aromatic rings. The summed E-state index contributed by atoms with van der Waals surface area (Å²) in [5.41, 5.74) is 0.334. The smallest absolute Gasteiger partial charge is 0.303 e. The Hall–Kier alpha value is -2.63. The molecule has 1 aromatic carbocycles. The molecule has 0 aliphatic heterocycles. The first-order chi connectivity index (χ1) is 9.08. The highest BCUT2D eigenvalue weighted by Crippen LogP contribution is 2.24. The van der Waals surface area contributed by atoms with Crippen LogP contribution in [0, 0.1) is 0 Å². The van der Waals surface area contributed by atoms with Crippen molar-refractivity contribution in [2.75, 3.05) is 0 Å². The van der Waals surface area contributed by atoms with E-state index in [4.69, 9.17) is 5.11 Å². The summed E-state index contributed by atoms with van der Waals surface area (Å²) in [6, 6.07) is 6.50. The van der Waals surface area contributed by atoms with Gasteiger partial charge in [0.25, 0.3) is 5.56 Å². The zero-order valence-electron chi connectivity index (χ0n) is 9.96. The van der Waals surface area contributed by atoms with Gasteiger partial charge in [0.1, 0.15) is 11.6 Å². The van der Waals surface area contributed by atoms with Gasteiger partial charge in [-0.1, -0.05) is 12.1 Å². The van der Waals surface area contributed by atoms with Gasteiger partial charge in [0, 0.05) is 18.2 Å². The average molecular weight is 260 g/mol. The first kappa shape index (κ1) is 12.8. The third-order valence-electron chi connectivity index (χ3n) is 2.64. The van der Waals surface area contributed by atoms with E-state index in [2.05, 4.69) is 9.97 Å². The fourth-order valence-electron chi connectivity index (χ4n) is 1.65. The van der Waals surface area contributed by atoms with Crippen molar-refractivity contribution in [3.63, 3.8) is 0 Å². The number of carboxylic acids is 1. The summed E-state index contributed by atoms with van der Waals surface area (Å²) in [6.07, 6.45) is 1.34. The maximum absolute atomic E-state index is 11.8. The molecule has 0 bridgehead atoms. The maximum atomic E-state index is 11.8. The number of H-pyrrole nitrogens is 1. The van der Waals surface area contributed by atoms with E-state index in [0.717, 1.165) is 0 Å². The molecule has 6 heteroatoms. The van der Waals surface area contributed by atoms with Gasteiger partial charge in [0.05, 0.1) is 5.56 Å². The van der Waals surface area contributed by atoms with E-state index >= 15 is 0 Å². The van der Waals surface area contributed by atoms with Gasteiger partial charge in [-0.3, -0.25) is 9.59 Å². The predicted molar refractivity (Wildman–Crippen MR) is 67.9 cm³/mol. The molecular formula is C13H12N2O4. The number of nitrogens with one attached hydrogen (secondary N) is 1. The van der Waals surface area contributed by atoms with Crippen molar-refractivity contribution in [1.29, 1.82) is 0 Å². The number of aromatic nitrogens is 2. The molecule has 0 radical (unpaired) electrons. The van der Waals surface area contributed by atoms with Gasteiger partial charge in [0.15, 0.2) is 0 Å². The van der Waals surface area contributed by atoms with Crippen LogP contribution in [0.1, 0.15) is 12.0 Å². The van der Waals surface area contributed by atoms with Crippen LogP contribution in [0.3, 0.4) is 0 Å². The van der Waals surface area contributed by atoms with E-state index in [0.29, 0.717) is 11.1 Å². The molecule has 3 N–H and O–H groups in total. The number of phenolic OH excluding ortho intramolecular Hbond substituents is 1. The van der Waals surface area contributed by atoms with Crippen LogP contribution in [0.25, 0.3) is 11.4 Å². The standard InChI is InChI=1S/C13H12N2O4/c16-10-4-2-1-3-9(10)12-14-7-8(13(19)15-12)5-6-11(17)18/h1-4,7,16H,5-6H2,(H,17,18)(H,14,15,19). The first-order valence-corrected chi connectivity index (χ1v) is 5.66. The van der Waals surface area contributed by atoms with Crippen LogP contribution in [0.2, 0.25) is 0 Å². The molecule has 1 aromatic heterocycles. The van der Waals surface area contributed by atoms with Crippen LogP contribution in [0.5, 0.6) is 5.75 Å². The Labute approximate surface area is 108 Å². The van der Waals surface area contributed by atoms with Crippen LogP contribution in [-0.4, -0.2) is 26.2 Å². The fourth-order valence-corrected chi connectivity index (χ4v) is 1.65. The molecule has 98 valence electrons. The summed E-state index contributed by atoms with van der Waals surface area (Å²) < 4.78 is 0. The summed E-state index contributed by atoms with van der Waals surface area (Å²) in [5.74, 6) is -0.699. The summed E-state index contributed by atoms with van der Waals surface area (Å²) >= 11 is 0. The molecular weight excluding hydrogens is 248 g/mol. The zero-order valence-corrected chi connectivity index (χ0v) is 9.96. The normalized spacial score (nSPS) is 10.3. The number of phenols is 1. The molecule has 0 saturated carbocycles. The van der Waals surface area contributed by atoms with Crippen molar-refractivity contribution in [3.05, 3.63) is 46.4 Å². The largest absolute Gasteiger partial charge is 0.507 e. The average Bonchev–Trinajstić information content (AvgIpc) is 2.37. The molecule has 2 rings (SSSR count). The predicted octanol–water partition coefficient (Wildman–Crippen LogP) is 1.16. The highest BCUT2D eigenvalue weighted by atomic mass is 16.4. The van der Waals surface area contributed by atoms with Gasteiger partial charge in [-0.05, 0) is 18.6 Å². The number of aryl methyl sites for hydroxylation is 1. The number of aromatic amines is 1. The number of nitrogens with zero attached hydrogens (tertiary/aromatic N) is 1. The SMILES string of the molecule is O=C(O)CCc1cnc(-c2ccccc2O)[nH]c1=O. The minimum Gasteiger partial charge on any atom is -0.507 e. The second kappa shape index (κ2) is 5.34. The van der Waals surface area contributed by atoms with Gasteiger partial charge in [-0.2, -0.15) is 0 Å². The lowest BCUT2D eigenvalue weighted by Gasteiger charge is -2.04. The van der Waals surface area contributed by atoms with Gasteiger partial charge in [0.2, 0.25) is 0 Å². The topological polar surface area (TPSA) is 103 Å². The van der Waals surface area contributed by atoms with Crippen molar-refractivity contribution in [2.24, 2.45) is 0 Å². The molecule has 0 amide bonds. The lowest BCUT2D eigenvalue weighted by Crippen LogP contribution is -2.15. The third kappa shape index (κ3) is 2.98. The number of hydrogen-bond acceptors (Lipinski definition) is 4. The number of hydrogen-bond donors (Lipinski definition) is 3. The lowest BCUT2D eigenvalue weighted by molar-refractivity contribution is -0.136. The first-order valence-electron chi connectivity index (χ1n) is 5.66. The quantitative estimate of drug-likeness (QED) is 0.765. The Balaban J connectivity index is 2.32. The number of aromatic hydroxyl groups is 1. The molecule has 19 heavy (non-hydrogen) atoms. The molecule has 6 nitrogen and oxygen atoms in total. The number of para-hydroxylation sites is 1. The van der Waals surface area contributed by atoms with Gasteiger partial charge < -0.3 is 15.2 Å². The summed E-state index contributed by atoms with van der Waals surface area (Å²) in [4.78, 5) is 28.8. The van der Waals surface area contributed by atoms with E-state index < -0.39 is 11.5 Å². The van der Waals surface area contributed by atoms with Crippen LogP contribution >= 0.6 is 0 Å². The van der Waals surface area contributed by atoms with E-state index in [1.165, 1.54) is 12.3 Å². The van der Waals surface area contributed by atoms with E-state index in [-0.39, 0.29) is 24.4 Å². The third-order valence-corrected chi connectivity index (χ3v) is 2.64. The second-order valence-corrected chi connectivity index (χ2v) is 4.00. The molecule has 0 unspecified atom stereocenters. The molecule has 0 fully saturated rings. The Morgan fingerprint density at radius 1 is 1.32 bits per heavy atom. The molecule has 0 aliphatic carbocycles. The Morgan fingerprint density at radius 2 is 2.05 bits per heavy atom. The second-order valence-electron chi connectivity index (χ2n) is 4.00.